The van der Waals surface area contributed by atoms with Gasteiger partial charge < -0.3 is 38.6 Å². The summed E-state index contributed by atoms with van der Waals surface area (Å²) in [5.74, 6) is 2.91. The molecule has 0 bridgehead atoms. The standard InChI is InChI=1S/C36H42O8/c1-15(2)23-19-11-17(5)25(31-27(19)29(35(41-9)43-31)22(14-38)21(23)13-37)26-18(6)12-20-24(16(3)4)33(39-7)34(40-8)30-28(20)32(26)44-36(30)42-10/h11-12,15-16,35-38H,13-14H2,1-10H3. The topological polar surface area (TPSA) is 95.8 Å². The van der Waals surface area contributed by atoms with E-state index in [0.717, 1.165) is 71.6 Å². The number of benzene rings is 4. The van der Waals surface area contributed by atoms with Crippen molar-refractivity contribution < 1.29 is 38.6 Å². The number of ether oxygens (including phenoxy) is 6. The molecule has 0 aromatic heterocycles. The Morgan fingerprint density at radius 1 is 0.659 bits per heavy atom. The van der Waals surface area contributed by atoms with E-state index in [1.165, 1.54) is 0 Å². The molecule has 8 nitrogen and oxygen atoms in total. The van der Waals surface area contributed by atoms with Gasteiger partial charge in [-0.05, 0) is 64.3 Å². The highest BCUT2D eigenvalue weighted by atomic mass is 16.7. The fraction of sp³-hybridized carbons (Fsp3) is 0.444. The van der Waals surface area contributed by atoms with E-state index in [1.807, 2.05) is 0 Å². The molecule has 2 unspecified atom stereocenters. The monoisotopic (exact) mass is 602 g/mol. The summed E-state index contributed by atoms with van der Waals surface area (Å²) in [7, 11) is 6.53. The molecule has 0 fully saturated rings. The Hall–Kier alpha value is -3.56. The highest BCUT2D eigenvalue weighted by Crippen LogP contribution is 2.60. The van der Waals surface area contributed by atoms with Crippen LogP contribution in [0.4, 0.5) is 0 Å². The molecule has 0 amide bonds. The summed E-state index contributed by atoms with van der Waals surface area (Å²) in [5, 5.41) is 24.9. The van der Waals surface area contributed by atoms with Crippen molar-refractivity contribution in [1.29, 1.82) is 0 Å². The van der Waals surface area contributed by atoms with E-state index in [1.54, 1.807) is 28.4 Å². The number of aliphatic hydroxyl groups excluding tert-OH is 2. The fourth-order valence-corrected chi connectivity index (χ4v) is 7.66. The second-order valence-electron chi connectivity index (χ2n) is 12.3. The summed E-state index contributed by atoms with van der Waals surface area (Å²) in [5.41, 5.74) is 8.78. The lowest BCUT2D eigenvalue weighted by atomic mass is 9.81. The molecule has 2 aliphatic rings. The van der Waals surface area contributed by atoms with Crippen LogP contribution in [-0.2, 0) is 22.7 Å². The van der Waals surface area contributed by atoms with Crippen LogP contribution in [-0.4, -0.2) is 38.7 Å². The van der Waals surface area contributed by atoms with E-state index < -0.39 is 12.6 Å². The quantitative estimate of drug-likeness (QED) is 0.202. The molecule has 6 rings (SSSR count). The maximum absolute atomic E-state index is 10.6. The minimum absolute atomic E-state index is 0.0986. The predicted molar refractivity (Wildman–Crippen MR) is 170 cm³/mol. The van der Waals surface area contributed by atoms with E-state index in [0.29, 0.717) is 28.6 Å². The zero-order valence-electron chi connectivity index (χ0n) is 27.2. The predicted octanol–water partition coefficient (Wildman–Crippen LogP) is 7.60. The summed E-state index contributed by atoms with van der Waals surface area (Å²) in [6.45, 7) is 12.2. The van der Waals surface area contributed by atoms with Crippen LogP contribution in [0, 0.1) is 13.8 Å². The van der Waals surface area contributed by atoms with Gasteiger partial charge in [-0.25, -0.2) is 0 Å². The number of aliphatic hydroxyl groups is 2. The van der Waals surface area contributed by atoms with Gasteiger partial charge in [0.1, 0.15) is 11.5 Å². The average Bonchev–Trinajstić information content (AvgIpc) is 3.57. The van der Waals surface area contributed by atoms with Crippen LogP contribution < -0.4 is 18.9 Å². The zero-order chi connectivity index (χ0) is 31.8. The number of aryl methyl sites for hydroxylation is 2. The molecule has 44 heavy (non-hydrogen) atoms. The third-order valence-electron chi connectivity index (χ3n) is 9.26. The minimum atomic E-state index is -0.740. The van der Waals surface area contributed by atoms with Crippen molar-refractivity contribution >= 4 is 21.5 Å². The first-order valence-electron chi connectivity index (χ1n) is 15.1. The third kappa shape index (κ3) is 3.97. The van der Waals surface area contributed by atoms with Gasteiger partial charge in [-0.1, -0.05) is 39.8 Å². The van der Waals surface area contributed by atoms with E-state index in [4.69, 9.17) is 28.4 Å². The molecular formula is C36H42O8. The molecule has 2 N–H and O–H groups in total. The first-order chi connectivity index (χ1) is 21.1. The number of hydrogen-bond donors (Lipinski definition) is 2. The molecule has 0 saturated heterocycles. The van der Waals surface area contributed by atoms with E-state index >= 15 is 0 Å². The van der Waals surface area contributed by atoms with Crippen LogP contribution in [0.15, 0.2) is 12.1 Å². The van der Waals surface area contributed by atoms with Gasteiger partial charge in [-0.3, -0.25) is 0 Å². The van der Waals surface area contributed by atoms with Crippen LogP contribution in [0.5, 0.6) is 23.0 Å². The number of methoxy groups -OCH3 is 4. The highest BCUT2D eigenvalue weighted by molar-refractivity contribution is 6.09. The first-order valence-corrected chi connectivity index (χ1v) is 15.1. The van der Waals surface area contributed by atoms with Crippen molar-refractivity contribution in [3.63, 3.8) is 0 Å². The van der Waals surface area contributed by atoms with Gasteiger partial charge in [0.15, 0.2) is 11.5 Å². The Balaban J connectivity index is 1.80. The van der Waals surface area contributed by atoms with Gasteiger partial charge in [0.2, 0.25) is 12.6 Å². The molecule has 0 aliphatic carbocycles. The molecule has 0 radical (unpaired) electrons. The number of hydrogen-bond acceptors (Lipinski definition) is 8. The van der Waals surface area contributed by atoms with Crippen molar-refractivity contribution in [2.75, 3.05) is 28.4 Å². The maximum Gasteiger partial charge on any atom is 0.231 e. The van der Waals surface area contributed by atoms with Crippen molar-refractivity contribution in [3.05, 3.63) is 56.6 Å². The van der Waals surface area contributed by atoms with E-state index in [2.05, 4.69) is 53.7 Å². The molecule has 4 aromatic rings. The van der Waals surface area contributed by atoms with E-state index in [9.17, 15) is 10.2 Å². The van der Waals surface area contributed by atoms with Gasteiger partial charge in [0.05, 0.1) is 33.0 Å². The van der Waals surface area contributed by atoms with Crippen molar-refractivity contribution in [2.45, 2.75) is 79.2 Å². The SMILES string of the molecule is COc1c(OC)c2c3c(c(-c4c(C)cc5c(C(C)C)c(CO)c(CO)c6c5c4OC6OC)c(C)cc3c1C(C)C)OC2OC. The fourth-order valence-electron chi connectivity index (χ4n) is 7.66. The summed E-state index contributed by atoms with van der Waals surface area (Å²) in [6, 6.07) is 4.37. The van der Waals surface area contributed by atoms with Crippen LogP contribution in [0.3, 0.4) is 0 Å². The van der Waals surface area contributed by atoms with Gasteiger partial charge in [-0.15, -0.1) is 0 Å². The Bertz CT molecular complexity index is 1690. The molecule has 4 aromatic carbocycles. The maximum atomic E-state index is 10.6. The van der Waals surface area contributed by atoms with E-state index in [-0.39, 0.29) is 25.0 Å². The minimum Gasteiger partial charge on any atom is -0.493 e. The Labute approximate surface area is 258 Å². The second kappa shape index (κ2) is 11.1. The lowest BCUT2D eigenvalue weighted by Gasteiger charge is -2.23. The summed E-state index contributed by atoms with van der Waals surface area (Å²) in [4.78, 5) is 0. The molecular weight excluding hydrogens is 560 g/mol. The van der Waals surface area contributed by atoms with Gasteiger partial charge >= 0.3 is 0 Å². The molecule has 2 aliphatic heterocycles. The average molecular weight is 603 g/mol. The highest BCUT2D eigenvalue weighted by Gasteiger charge is 2.40. The summed E-state index contributed by atoms with van der Waals surface area (Å²) in [6.07, 6.45) is -1.44. The Morgan fingerprint density at radius 3 is 1.55 bits per heavy atom. The molecule has 2 atom stereocenters. The molecule has 2 heterocycles. The normalized spacial score (nSPS) is 16.9. The third-order valence-corrected chi connectivity index (χ3v) is 9.26. The second-order valence-corrected chi connectivity index (χ2v) is 12.3. The van der Waals surface area contributed by atoms with Gasteiger partial charge in [0, 0.05) is 47.2 Å². The zero-order valence-corrected chi connectivity index (χ0v) is 27.2. The summed E-state index contributed by atoms with van der Waals surface area (Å²) >= 11 is 0. The summed E-state index contributed by atoms with van der Waals surface area (Å²) < 4.78 is 37.0. The lowest BCUT2D eigenvalue weighted by Crippen LogP contribution is -2.11. The lowest BCUT2D eigenvalue weighted by molar-refractivity contribution is -0.0491. The van der Waals surface area contributed by atoms with Crippen LogP contribution in [0.2, 0.25) is 0 Å². The molecule has 234 valence electrons. The molecule has 0 spiro atoms. The van der Waals surface area contributed by atoms with Crippen molar-refractivity contribution in [1.82, 2.24) is 0 Å². The van der Waals surface area contributed by atoms with Crippen LogP contribution >= 0.6 is 0 Å². The molecule has 0 saturated carbocycles. The first kappa shape index (κ1) is 30.5. The Morgan fingerprint density at radius 2 is 1.11 bits per heavy atom. The van der Waals surface area contributed by atoms with Crippen LogP contribution in [0.1, 0.15) is 96.6 Å². The van der Waals surface area contributed by atoms with Gasteiger partial charge in [-0.2, -0.15) is 0 Å². The van der Waals surface area contributed by atoms with Gasteiger partial charge in [0.25, 0.3) is 0 Å². The van der Waals surface area contributed by atoms with Crippen LogP contribution in [0.25, 0.3) is 32.7 Å². The Kier molecular flexibility index (Phi) is 7.69. The largest absolute Gasteiger partial charge is 0.493 e. The smallest absolute Gasteiger partial charge is 0.231 e. The van der Waals surface area contributed by atoms with Crippen molar-refractivity contribution in [3.8, 4) is 34.1 Å². The molecule has 8 heteroatoms. The van der Waals surface area contributed by atoms with Crippen molar-refractivity contribution in [2.24, 2.45) is 0 Å². The number of rotatable bonds is 9.